The van der Waals surface area contributed by atoms with Crippen LogP contribution in [0, 0.1) is 13.8 Å². The van der Waals surface area contributed by atoms with Crippen LogP contribution in [0.3, 0.4) is 0 Å². The van der Waals surface area contributed by atoms with Gasteiger partial charge in [-0.1, -0.05) is 11.6 Å². The lowest BCUT2D eigenvalue weighted by Crippen LogP contribution is -2.03. The fraction of sp³-hybridized carbons (Fsp3) is 0.286. The lowest BCUT2D eigenvalue weighted by molar-refractivity contribution is 0.572. The highest BCUT2D eigenvalue weighted by molar-refractivity contribution is 6.40. The first kappa shape index (κ1) is 11.6. The minimum absolute atomic E-state index is 0.565. The summed E-state index contributed by atoms with van der Waals surface area (Å²) in [5.74, 6) is 1.68. The van der Waals surface area contributed by atoms with Crippen molar-refractivity contribution in [3.8, 4) is 0 Å². The first-order valence-electron chi connectivity index (χ1n) is 5.92. The van der Waals surface area contributed by atoms with E-state index in [0.717, 1.165) is 45.4 Å². The molecule has 2 heterocycles. The highest BCUT2D eigenvalue weighted by Crippen LogP contribution is 2.39. The van der Waals surface area contributed by atoms with E-state index in [1.807, 2.05) is 26.0 Å². The summed E-state index contributed by atoms with van der Waals surface area (Å²) in [5.41, 5.74) is 8.33. The van der Waals surface area contributed by atoms with Gasteiger partial charge in [-0.05, 0) is 38.9 Å². The number of fused-ring (bicyclic) bond motifs is 2. The quantitative estimate of drug-likeness (QED) is 0.762. The van der Waals surface area contributed by atoms with Crippen LogP contribution in [0.4, 0.5) is 0 Å². The summed E-state index contributed by atoms with van der Waals surface area (Å²) in [5, 5.41) is 2.52. The third-order valence-electron chi connectivity index (χ3n) is 3.14. The van der Waals surface area contributed by atoms with Crippen molar-refractivity contribution < 1.29 is 8.83 Å². The van der Waals surface area contributed by atoms with Crippen molar-refractivity contribution in [3.63, 3.8) is 0 Å². The molecule has 0 amide bonds. The molecule has 0 radical (unpaired) electrons. The van der Waals surface area contributed by atoms with Gasteiger partial charge in [0.05, 0.1) is 5.02 Å². The van der Waals surface area contributed by atoms with Gasteiger partial charge in [0, 0.05) is 16.3 Å². The Kier molecular flexibility index (Phi) is 2.61. The Morgan fingerprint density at radius 2 is 1.67 bits per heavy atom. The van der Waals surface area contributed by atoms with Gasteiger partial charge in [0.15, 0.2) is 5.58 Å². The Hall–Kier alpha value is -1.45. The van der Waals surface area contributed by atoms with Crippen molar-refractivity contribution in [3.05, 3.63) is 34.2 Å². The molecule has 0 atom stereocenters. The molecule has 3 rings (SSSR count). The number of rotatable bonds is 2. The van der Waals surface area contributed by atoms with Crippen molar-refractivity contribution in [2.75, 3.05) is 6.54 Å². The smallest absolute Gasteiger partial charge is 0.154 e. The van der Waals surface area contributed by atoms with E-state index in [1.165, 1.54) is 0 Å². The summed E-state index contributed by atoms with van der Waals surface area (Å²) in [6.07, 6.45) is 0.746. The number of halogens is 1. The van der Waals surface area contributed by atoms with Gasteiger partial charge in [0.2, 0.25) is 0 Å². The van der Waals surface area contributed by atoms with E-state index >= 15 is 0 Å². The highest BCUT2D eigenvalue weighted by atomic mass is 35.5. The second-order valence-corrected chi connectivity index (χ2v) is 4.91. The summed E-state index contributed by atoms with van der Waals surface area (Å²) < 4.78 is 11.5. The van der Waals surface area contributed by atoms with Crippen LogP contribution in [0.2, 0.25) is 5.02 Å². The Labute approximate surface area is 109 Å². The van der Waals surface area contributed by atoms with Crippen molar-refractivity contribution in [2.45, 2.75) is 20.3 Å². The molecule has 0 spiro atoms. The van der Waals surface area contributed by atoms with E-state index < -0.39 is 0 Å². The molecule has 3 nitrogen and oxygen atoms in total. The van der Waals surface area contributed by atoms with Crippen LogP contribution in [0.1, 0.15) is 17.1 Å². The molecule has 0 unspecified atom stereocenters. The number of furan rings is 2. The second kappa shape index (κ2) is 4.04. The zero-order valence-electron chi connectivity index (χ0n) is 10.3. The third kappa shape index (κ3) is 1.55. The summed E-state index contributed by atoms with van der Waals surface area (Å²) in [6.45, 7) is 4.39. The highest BCUT2D eigenvalue weighted by Gasteiger charge is 2.18. The number of benzene rings is 1. The SMILES string of the molecule is Cc1cc2c(CCN)c3oc(C)cc3c(Cl)c2o1. The molecule has 0 fully saturated rings. The molecule has 3 aromatic rings. The molecular weight excluding hydrogens is 250 g/mol. The lowest BCUT2D eigenvalue weighted by Gasteiger charge is -2.04. The van der Waals surface area contributed by atoms with E-state index in [-0.39, 0.29) is 0 Å². The molecule has 2 N–H and O–H groups in total. The van der Waals surface area contributed by atoms with Crippen LogP contribution in [0.15, 0.2) is 21.0 Å². The van der Waals surface area contributed by atoms with Gasteiger partial charge < -0.3 is 14.6 Å². The number of aryl methyl sites for hydroxylation is 2. The average Bonchev–Trinajstić information content (AvgIpc) is 2.88. The van der Waals surface area contributed by atoms with E-state index in [9.17, 15) is 0 Å². The van der Waals surface area contributed by atoms with Crippen molar-refractivity contribution in [2.24, 2.45) is 5.73 Å². The molecule has 0 aliphatic rings. The fourth-order valence-electron chi connectivity index (χ4n) is 2.44. The topological polar surface area (TPSA) is 52.3 Å². The van der Waals surface area contributed by atoms with Gasteiger partial charge in [-0.25, -0.2) is 0 Å². The Morgan fingerprint density at radius 3 is 2.33 bits per heavy atom. The van der Waals surface area contributed by atoms with Crippen molar-refractivity contribution in [1.82, 2.24) is 0 Å². The van der Waals surface area contributed by atoms with Crippen molar-refractivity contribution in [1.29, 1.82) is 0 Å². The van der Waals surface area contributed by atoms with Gasteiger partial charge >= 0.3 is 0 Å². The van der Waals surface area contributed by atoms with Gasteiger partial charge in [-0.3, -0.25) is 0 Å². The van der Waals surface area contributed by atoms with Crippen LogP contribution in [-0.4, -0.2) is 6.54 Å². The first-order valence-corrected chi connectivity index (χ1v) is 6.30. The van der Waals surface area contributed by atoms with Gasteiger partial charge in [-0.15, -0.1) is 0 Å². The molecule has 0 bridgehead atoms. The summed E-state index contributed by atoms with van der Waals surface area (Å²) in [6, 6.07) is 3.93. The monoisotopic (exact) mass is 263 g/mol. The van der Waals surface area contributed by atoms with Crippen LogP contribution < -0.4 is 5.73 Å². The van der Waals surface area contributed by atoms with E-state index in [1.54, 1.807) is 0 Å². The Bertz CT molecular complexity index is 681. The molecule has 0 aliphatic heterocycles. The molecular formula is C14H14ClNO2. The first-order chi connectivity index (χ1) is 8.61. The fourth-order valence-corrected chi connectivity index (χ4v) is 2.72. The second-order valence-electron chi connectivity index (χ2n) is 4.53. The average molecular weight is 264 g/mol. The van der Waals surface area contributed by atoms with Gasteiger partial charge in [-0.2, -0.15) is 0 Å². The molecule has 4 heteroatoms. The maximum absolute atomic E-state index is 6.39. The van der Waals surface area contributed by atoms with Crippen LogP contribution >= 0.6 is 11.6 Å². The number of hydrogen-bond donors (Lipinski definition) is 1. The predicted molar refractivity (Wildman–Crippen MR) is 73.2 cm³/mol. The summed E-state index contributed by atoms with van der Waals surface area (Å²) in [4.78, 5) is 0. The molecule has 0 saturated heterocycles. The maximum atomic E-state index is 6.39. The zero-order valence-corrected chi connectivity index (χ0v) is 11.1. The normalized spacial score (nSPS) is 11.8. The molecule has 1 aromatic carbocycles. The molecule has 18 heavy (non-hydrogen) atoms. The zero-order chi connectivity index (χ0) is 12.9. The van der Waals surface area contributed by atoms with Gasteiger partial charge in [0.1, 0.15) is 17.1 Å². The van der Waals surface area contributed by atoms with Crippen LogP contribution in [0.5, 0.6) is 0 Å². The van der Waals surface area contributed by atoms with E-state index in [4.69, 9.17) is 26.2 Å². The molecule has 94 valence electrons. The summed E-state index contributed by atoms with van der Waals surface area (Å²) in [7, 11) is 0. The van der Waals surface area contributed by atoms with Crippen molar-refractivity contribution >= 4 is 33.5 Å². The largest absolute Gasteiger partial charge is 0.461 e. The standard InChI is InChI=1S/C14H14ClNO2/c1-7-5-10-9(3-4-16)13-11(6-8(2)17-13)12(15)14(10)18-7/h5-6H,3-4,16H2,1-2H3. The summed E-state index contributed by atoms with van der Waals surface area (Å²) >= 11 is 6.39. The molecule has 0 saturated carbocycles. The Balaban J connectivity index is 2.51. The molecule has 2 aromatic heterocycles. The molecule has 0 aliphatic carbocycles. The third-order valence-corrected chi connectivity index (χ3v) is 3.52. The number of nitrogens with two attached hydrogens (primary N) is 1. The number of hydrogen-bond acceptors (Lipinski definition) is 3. The van der Waals surface area contributed by atoms with Gasteiger partial charge in [0.25, 0.3) is 0 Å². The van der Waals surface area contributed by atoms with Crippen LogP contribution in [-0.2, 0) is 6.42 Å². The Morgan fingerprint density at radius 1 is 1.06 bits per heavy atom. The minimum atomic E-state index is 0.565. The lowest BCUT2D eigenvalue weighted by atomic mass is 10.0. The maximum Gasteiger partial charge on any atom is 0.154 e. The van der Waals surface area contributed by atoms with E-state index in [2.05, 4.69) is 0 Å². The van der Waals surface area contributed by atoms with Crippen LogP contribution in [0.25, 0.3) is 21.9 Å². The predicted octanol–water partition coefficient (Wildman–Crippen LogP) is 3.95. The van der Waals surface area contributed by atoms with E-state index in [0.29, 0.717) is 11.6 Å². The minimum Gasteiger partial charge on any atom is -0.461 e.